The molecule has 2 aliphatic rings. The van der Waals surface area contributed by atoms with Crippen LogP contribution >= 0.6 is 11.6 Å². The summed E-state index contributed by atoms with van der Waals surface area (Å²) in [6, 6.07) is 8.40. The number of hydrogen-bond donors (Lipinski definition) is 2. The van der Waals surface area contributed by atoms with Crippen LogP contribution in [-0.4, -0.2) is 28.0 Å². The van der Waals surface area contributed by atoms with E-state index in [-0.39, 0.29) is 35.1 Å². The number of alkyl halides is 4. The summed E-state index contributed by atoms with van der Waals surface area (Å²) in [6.07, 6.45) is -2.04. The van der Waals surface area contributed by atoms with Gasteiger partial charge in [0, 0.05) is 5.92 Å². The number of rotatable bonds is 6. The Labute approximate surface area is 174 Å². The molecule has 2 amide bonds. The van der Waals surface area contributed by atoms with Crippen molar-refractivity contribution in [3.8, 4) is 16.9 Å². The molecular weight excluding hydrogens is 423 g/mol. The van der Waals surface area contributed by atoms with Crippen molar-refractivity contribution in [2.45, 2.75) is 36.9 Å². The van der Waals surface area contributed by atoms with Gasteiger partial charge >= 0.3 is 6.36 Å². The van der Waals surface area contributed by atoms with Crippen molar-refractivity contribution < 1.29 is 27.5 Å². The predicted molar refractivity (Wildman–Crippen MR) is 104 cm³/mol. The van der Waals surface area contributed by atoms with Gasteiger partial charge < -0.3 is 15.4 Å². The lowest BCUT2D eigenvalue weighted by Crippen LogP contribution is -2.25. The highest BCUT2D eigenvalue weighted by molar-refractivity contribution is 6.38. The molecule has 6 nitrogen and oxygen atoms in total. The summed E-state index contributed by atoms with van der Waals surface area (Å²) >= 11 is 6.13. The maximum Gasteiger partial charge on any atom is 0.573 e. The van der Waals surface area contributed by atoms with Crippen molar-refractivity contribution in [3.63, 3.8) is 0 Å². The molecule has 10 heteroatoms. The van der Waals surface area contributed by atoms with E-state index in [1.807, 2.05) is 0 Å². The summed E-state index contributed by atoms with van der Waals surface area (Å²) in [4.78, 5) is 27.7. The lowest BCUT2D eigenvalue weighted by Gasteiger charge is -2.13. The molecule has 0 unspecified atom stereocenters. The SMILES string of the molecule is O=C(Nc1cc(-c2ccc(OC(F)(F)F)cc2)cc(NC(=O)C2(Cl)CC2)n1)C1CC1. The highest BCUT2D eigenvalue weighted by Gasteiger charge is 2.48. The molecule has 2 aromatic rings. The molecule has 1 aromatic carbocycles. The first kappa shape index (κ1) is 20.5. The summed E-state index contributed by atoms with van der Waals surface area (Å²) in [5, 5.41) is 5.37. The van der Waals surface area contributed by atoms with Gasteiger partial charge in [0.1, 0.15) is 22.3 Å². The Morgan fingerprint density at radius 3 is 2.17 bits per heavy atom. The van der Waals surface area contributed by atoms with E-state index in [9.17, 15) is 22.8 Å². The third-order valence-corrected chi connectivity index (χ3v) is 5.33. The lowest BCUT2D eigenvalue weighted by molar-refractivity contribution is -0.274. The van der Waals surface area contributed by atoms with Crippen LogP contribution in [0.25, 0.3) is 11.1 Å². The second-order valence-electron chi connectivity index (χ2n) is 7.38. The van der Waals surface area contributed by atoms with E-state index in [4.69, 9.17) is 11.6 Å². The molecular formula is C20H17ClF3N3O3. The average Bonchev–Trinajstić information content (AvgIpc) is 3.56. The lowest BCUT2D eigenvalue weighted by atomic mass is 10.1. The number of aromatic nitrogens is 1. The second-order valence-corrected chi connectivity index (χ2v) is 8.10. The number of anilines is 2. The van der Waals surface area contributed by atoms with Crippen molar-refractivity contribution in [1.82, 2.24) is 4.98 Å². The molecule has 2 aliphatic carbocycles. The van der Waals surface area contributed by atoms with Crippen LogP contribution in [0, 0.1) is 5.92 Å². The van der Waals surface area contributed by atoms with E-state index in [2.05, 4.69) is 20.4 Å². The molecule has 0 bridgehead atoms. The van der Waals surface area contributed by atoms with Gasteiger partial charge in [-0.05, 0) is 61.1 Å². The molecule has 0 spiro atoms. The Hall–Kier alpha value is -2.81. The quantitative estimate of drug-likeness (QED) is 0.639. The molecule has 2 fully saturated rings. The van der Waals surface area contributed by atoms with E-state index < -0.39 is 11.2 Å². The number of carbonyl (C=O) groups excluding carboxylic acids is 2. The number of amides is 2. The molecule has 1 heterocycles. The number of pyridine rings is 1. The van der Waals surface area contributed by atoms with E-state index in [0.29, 0.717) is 24.0 Å². The van der Waals surface area contributed by atoms with E-state index >= 15 is 0 Å². The Morgan fingerprint density at radius 2 is 1.63 bits per heavy atom. The normalized spacial score (nSPS) is 17.2. The van der Waals surface area contributed by atoms with Crippen LogP contribution < -0.4 is 15.4 Å². The molecule has 0 radical (unpaired) electrons. The third kappa shape index (κ3) is 5.02. The van der Waals surface area contributed by atoms with Gasteiger partial charge in [0.2, 0.25) is 11.8 Å². The highest BCUT2D eigenvalue weighted by atomic mass is 35.5. The fraction of sp³-hybridized carbons (Fsp3) is 0.350. The summed E-state index contributed by atoms with van der Waals surface area (Å²) in [5.41, 5.74) is 1.10. The first-order valence-electron chi connectivity index (χ1n) is 9.31. The van der Waals surface area contributed by atoms with E-state index in [1.54, 1.807) is 12.1 Å². The summed E-state index contributed by atoms with van der Waals surface area (Å²) in [6.45, 7) is 0. The number of nitrogens with zero attached hydrogens (tertiary/aromatic N) is 1. The smallest absolute Gasteiger partial charge is 0.406 e. The summed E-state index contributed by atoms with van der Waals surface area (Å²) in [7, 11) is 0. The van der Waals surface area contributed by atoms with Crippen molar-refractivity contribution >= 4 is 35.1 Å². The molecule has 2 saturated carbocycles. The van der Waals surface area contributed by atoms with Gasteiger partial charge in [-0.3, -0.25) is 9.59 Å². The largest absolute Gasteiger partial charge is 0.573 e. The fourth-order valence-electron chi connectivity index (χ4n) is 2.81. The minimum atomic E-state index is -4.78. The Bertz CT molecular complexity index is 987. The van der Waals surface area contributed by atoms with E-state index in [0.717, 1.165) is 12.8 Å². The predicted octanol–water partition coefficient (Wildman–Crippen LogP) is 4.71. The number of benzene rings is 1. The van der Waals surface area contributed by atoms with Gasteiger partial charge in [0.15, 0.2) is 0 Å². The van der Waals surface area contributed by atoms with E-state index in [1.165, 1.54) is 24.3 Å². The molecule has 30 heavy (non-hydrogen) atoms. The maximum atomic E-state index is 12.4. The highest BCUT2D eigenvalue weighted by Crippen LogP contribution is 2.43. The van der Waals surface area contributed by atoms with Crippen molar-refractivity contribution in [2.75, 3.05) is 10.6 Å². The first-order valence-corrected chi connectivity index (χ1v) is 9.69. The van der Waals surface area contributed by atoms with Crippen molar-refractivity contribution in [3.05, 3.63) is 36.4 Å². The molecule has 2 N–H and O–H groups in total. The van der Waals surface area contributed by atoms with Crippen LogP contribution in [0.15, 0.2) is 36.4 Å². The van der Waals surface area contributed by atoms with Crippen LogP contribution in [0.2, 0.25) is 0 Å². The van der Waals surface area contributed by atoms with Crippen molar-refractivity contribution in [2.24, 2.45) is 5.92 Å². The minimum absolute atomic E-state index is 0.0510. The monoisotopic (exact) mass is 439 g/mol. The third-order valence-electron chi connectivity index (χ3n) is 4.78. The molecule has 0 saturated heterocycles. The number of halogens is 4. The van der Waals surface area contributed by atoms with Gasteiger partial charge in [-0.15, -0.1) is 24.8 Å². The summed E-state index contributed by atoms with van der Waals surface area (Å²) in [5.74, 6) is -0.538. The molecule has 158 valence electrons. The Balaban J connectivity index is 1.60. The number of ether oxygens (including phenoxy) is 1. The van der Waals surface area contributed by atoms with Gasteiger partial charge in [-0.25, -0.2) is 4.98 Å². The zero-order valence-corrected chi connectivity index (χ0v) is 16.3. The van der Waals surface area contributed by atoms with Crippen LogP contribution in [0.4, 0.5) is 24.8 Å². The minimum Gasteiger partial charge on any atom is -0.406 e. The van der Waals surface area contributed by atoms with Gasteiger partial charge in [0.05, 0.1) is 0 Å². The summed E-state index contributed by atoms with van der Waals surface area (Å²) < 4.78 is 41.0. The zero-order chi connectivity index (χ0) is 21.5. The molecule has 1 aromatic heterocycles. The fourth-order valence-corrected chi connectivity index (χ4v) is 2.96. The topological polar surface area (TPSA) is 80.3 Å². The maximum absolute atomic E-state index is 12.4. The van der Waals surface area contributed by atoms with Crippen LogP contribution in [0.1, 0.15) is 25.7 Å². The van der Waals surface area contributed by atoms with Gasteiger partial charge in [-0.2, -0.15) is 0 Å². The number of hydrogen-bond acceptors (Lipinski definition) is 4. The van der Waals surface area contributed by atoms with Crippen LogP contribution in [0.5, 0.6) is 5.75 Å². The van der Waals surface area contributed by atoms with Gasteiger partial charge in [0.25, 0.3) is 0 Å². The molecule has 4 rings (SSSR count). The van der Waals surface area contributed by atoms with Gasteiger partial charge in [-0.1, -0.05) is 12.1 Å². The Kier molecular flexibility index (Phi) is 5.09. The number of carbonyl (C=O) groups is 2. The molecule has 0 aliphatic heterocycles. The molecule has 0 atom stereocenters. The average molecular weight is 440 g/mol. The second kappa shape index (κ2) is 7.46. The zero-order valence-electron chi connectivity index (χ0n) is 15.6. The Morgan fingerprint density at radius 1 is 1.03 bits per heavy atom. The van der Waals surface area contributed by atoms with Crippen LogP contribution in [-0.2, 0) is 9.59 Å². The van der Waals surface area contributed by atoms with Crippen molar-refractivity contribution in [1.29, 1.82) is 0 Å². The first-order chi connectivity index (χ1) is 14.1. The van der Waals surface area contributed by atoms with Crippen LogP contribution in [0.3, 0.4) is 0 Å². The standard InChI is InChI=1S/C20H17ClF3N3O3/c21-19(7-8-19)18(29)27-16-10-13(9-15(25-16)26-17(28)12-1-2-12)11-3-5-14(6-4-11)30-20(22,23)24/h3-6,9-10,12H,1-2,7-8H2,(H2,25,26,27,28,29). The number of nitrogens with one attached hydrogen (secondary N) is 2.